The second-order valence-electron chi connectivity index (χ2n) is 6.31. The summed E-state index contributed by atoms with van der Waals surface area (Å²) in [5, 5.41) is 5.23. The van der Waals surface area contributed by atoms with Gasteiger partial charge in [0.1, 0.15) is 11.6 Å². The monoisotopic (exact) mass is 412 g/mol. The first-order valence-electron chi connectivity index (χ1n) is 8.76. The van der Waals surface area contributed by atoms with Gasteiger partial charge < -0.3 is 15.4 Å². The van der Waals surface area contributed by atoms with Gasteiger partial charge in [-0.2, -0.15) is 0 Å². The molecule has 0 spiro atoms. The molecule has 29 heavy (non-hydrogen) atoms. The smallest absolute Gasteiger partial charge is 0.262 e. The van der Waals surface area contributed by atoms with Crippen LogP contribution in [0.25, 0.3) is 0 Å². The van der Waals surface area contributed by atoms with Crippen molar-refractivity contribution in [3.63, 3.8) is 0 Å². The minimum absolute atomic E-state index is 0.0857. The van der Waals surface area contributed by atoms with Crippen LogP contribution in [-0.4, -0.2) is 18.4 Å². The number of amides is 2. The van der Waals surface area contributed by atoms with E-state index in [1.54, 1.807) is 30.3 Å². The first kappa shape index (κ1) is 20.4. The van der Waals surface area contributed by atoms with E-state index in [9.17, 15) is 14.0 Å². The average molecular weight is 413 g/mol. The molecular formula is C22H18ClFN2O3. The second kappa shape index (κ2) is 9.21. The largest absolute Gasteiger partial charge is 0.484 e. The summed E-state index contributed by atoms with van der Waals surface area (Å²) in [4.78, 5) is 24.5. The van der Waals surface area contributed by atoms with Crippen LogP contribution >= 0.6 is 11.6 Å². The first-order chi connectivity index (χ1) is 13.9. The van der Waals surface area contributed by atoms with Gasteiger partial charge in [-0.25, -0.2) is 4.39 Å². The van der Waals surface area contributed by atoms with Crippen molar-refractivity contribution in [3.8, 4) is 5.75 Å². The van der Waals surface area contributed by atoms with Gasteiger partial charge in [0, 0.05) is 16.9 Å². The van der Waals surface area contributed by atoms with Crippen molar-refractivity contribution < 1.29 is 18.7 Å². The molecule has 7 heteroatoms. The number of carbonyl (C=O) groups excluding carboxylic acids is 2. The lowest BCUT2D eigenvalue weighted by Gasteiger charge is -2.10. The second-order valence-corrected chi connectivity index (χ2v) is 6.72. The standard InChI is InChI=1S/C22H18ClFN2O3/c1-14-5-8-18(9-6-14)29-13-21(27)25-16-4-2-3-15(11-16)22(28)26-17-7-10-20(24)19(23)12-17/h2-12H,13H2,1H3,(H,25,27)(H,26,28). The highest BCUT2D eigenvalue weighted by molar-refractivity contribution is 6.31. The van der Waals surface area contributed by atoms with Crippen molar-refractivity contribution in [2.45, 2.75) is 6.92 Å². The van der Waals surface area contributed by atoms with E-state index < -0.39 is 11.7 Å². The van der Waals surface area contributed by atoms with Crippen LogP contribution in [0.1, 0.15) is 15.9 Å². The van der Waals surface area contributed by atoms with Crippen molar-refractivity contribution >= 4 is 34.8 Å². The van der Waals surface area contributed by atoms with Crippen LogP contribution in [-0.2, 0) is 4.79 Å². The molecule has 0 saturated carbocycles. The number of aryl methyl sites for hydroxylation is 1. The number of rotatable bonds is 6. The van der Waals surface area contributed by atoms with Gasteiger partial charge in [0.15, 0.2) is 6.61 Å². The summed E-state index contributed by atoms with van der Waals surface area (Å²) >= 11 is 5.72. The molecule has 2 N–H and O–H groups in total. The molecule has 0 unspecified atom stereocenters. The molecule has 148 valence electrons. The highest BCUT2D eigenvalue weighted by Crippen LogP contribution is 2.20. The third kappa shape index (κ3) is 5.80. The minimum Gasteiger partial charge on any atom is -0.484 e. The summed E-state index contributed by atoms with van der Waals surface area (Å²) in [6, 6.07) is 17.7. The molecule has 0 radical (unpaired) electrons. The fourth-order valence-electron chi connectivity index (χ4n) is 2.50. The van der Waals surface area contributed by atoms with E-state index in [4.69, 9.17) is 16.3 Å². The number of hydrogen-bond acceptors (Lipinski definition) is 3. The Kier molecular flexibility index (Phi) is 6.46. The molecule has 2 amide bonds. The van der Waals surface area contributed by atoms with Crippen molar-refractivity contribution in [2.24, 2.45) is 0 Å². The molecule has 0 aliphatic rings. The fourth-order valence-corrected chi connectivity index (χ4v) is 2.68. The van der Waals surface area contributed by atoms with Crippen LogP contribution in [0.15, 0.2) is 66.7 Å². The molecule has 5 nitrogen and oxygen atoms in total. The number of halogens is 2. The summed E-state index contributed by atoms with van der Waals surface area (Å²) < 4.78 is 18.7. The molecule has 0 heterocycles. The lowest BCUT2D eigenvalue weighted by atomic mass is 10.2. The van der Waals surface area contributed by atoms with Gasteiger partial charge in [-0.05, 0) is 55.5 Å². The van der Waals surface area contributed by atoms with Gasteiger partial charge in [-0.3, -0.25) is 9.59 Å². The van der Waals surface area contributed by atoms with E-state index in [-0.39, 0.29) is 17.5 Å². The first-order valence-corrected chi connectivity index (χ1v) is 9.14. The van der Waals surface area contributed by atoms with Crippen LogP contribution in [0.2, 0.25) is 5.02 Å². The Labute approximate surface area is 172 Å². The topological polar surface area (TPSA) is 67.4 Å². The van der Waals surface area contributed by atoms with E-state index in [0.717, 1.165) is 5.56 Å². The van der Waals surface area contributed by atoms with E-state index in [2.05, 4.69) is 10.6 Å². The van der Waals surface area contributed by atoms with E-state index >= 15 is 0 Å². The van der Waals surface area contributed by atoms with Crippen LogP contribution in [0.4, 0.5) is 15.8 Å². The summed E-state index contributed by atoms with van der Waals surface area (Å²) in [6.45, 7) is 1.80. The zero-order valence-electron chi connectivity index (χ0n) is 15.5. The third-order valence-corrected chi connectivity index (χ3v) is 4.27. The molecule has 0 saturated heterocycles. The zero-order chi connectivity index (χ0) is 20.8. The SMILES string of the molecule is Cc1ccc(OCC(=O)Nc2cccc(C(=O)Nc3ccc(F)c(Cl)c3)c2)cc1. The van der Waals surface area contributed by atoms with Gasteiger partial charge in [-0.1, -0.05) is 35.4 Å². The van der Waals surface area contributed by atoms with Crippen molar-refractivity contribution in [2.75, 3.05) is 17.2 Å². The molecule has 0 aromatic heterocycles. The van der Waals surface area contributed by atoms with Gasteiger partial charge in [0.05, 0.1) is 5.02 Å². The Bertz CT molecular complexity index is 1040. The van der Waals surface area contributed by atoms with Crippen LogP contribution in [0, 0.1) is 12.7 Å². The molecular weight excluding hydrogens is 395 g/mol. The third-order valence-electron chi connectivity index (χ3n) is 3.98. The maximum Gasteiger partial charge on any atom is 0.262 e. The predicted molar refractivity (Wildman–Crippen MR) is 111 cm³/mol. The minimum atomic E-state index is -0.567. The van der Waals surface area contributed by atoms with Crippen molar-refractivity contribution in [1.82, 2.24) is 0 Å². The molecule has 0 aliphatic heterocycles. The highest BCUT2D eigenvalue weighted by atomic mass is 35.5. The lowest BCUT2D eigenvalue weighted by molar-refractivity contribution is -0.118. The summed E-state index contributed by atoms with van der Waals surface area (Å²) in [7, 11) is 0. The Morgan fingerprint density at radius 2 is 1.69 bits per heavy atom. The Morgan fingerprint density at radius 3 is 2.41 bits per heavy atom. The molecule has 0 atom stereocenters. The van der Waals surface area contributed by atoms with Gasteiger partial charge in [0.25, 0.3) is 11.8 Å². The molecule has 3 aromatic rings. The van der Waals surface area contributed by atoms with Crippen LogP contribution < -0.4 is 15.4 Å². The summed E-state index contributed by atoms with van der Waals surface area (Å²) in [5.41, 5.74) is 2.23. The predicted octanol–water partition coefficient (Wildman–Crippen LogP) is 5.06. The Morgan fingerprint density at radius 1 is 0.966 bits per heavy atom. The van der Waals surface area contributed by atoms with Gasteiger partial charge in [-0.15, -0.1) is 0 Å². The quantitative estimate of drug-likeness (QED) is 0.594. The van der Waals surface area contributed by atoms with Gasteiger partial charge >= 0.3 is 0 Å². The molecule has 0 fully saturated rings. The molecule has 3 aromatic carbocycles. The van der Waals surface area contributed by atoms with Gasteiger partial charge in [0.2, 0.25) is 0 Å². The van der Waals surface area contributed by atoms with E-state index in [0.29, 0.717) is 22.7 Å². The number of hydrogen-bond donors (Lipinski definition) is 2. The Hall–Kier alpha value is -3.38. The average Bonchev–Trinajstić information content (AvgIpc) is 2.70. The lowest BCUT2D eigenvalue weighted by Crippen LogP contribution is -2.20. The number of anilines is 2. The number of nitrogens with one attached hydrogen (secondary N) is 2. The van der Waals surface area contributed by atoms with Crippen LogP contribution in [0.5, 0.6) is 5.75 Å². The van der Waals surface area contributed by atoms with Crippen molar-refractivity contribution in [3.05, 3.63) is 88.7 Å². The normalized spacial score (nSPS) is 10.3. The molecule has 0 aliphatic carbocycles. The summed E-state index contributed by atoms with van der Waals surface area (Å²) in [5.74, 6) is -0.743. The van der Waals surface area contributed by atoms with E-state index in [1.807, 2.05) is 19.1 Å². The highest BCUT2D eigenvalue weighted by Gasteiger charge is 2.10. The number of benzene rings is 3. The zero-order valence-corrected chi connectivity index (χ0v) is 16.3. The number of ether oxygens (including phenoxy) is 1. The Balaban J connectivity index is 1.59. The maximum atomic E-state index is 13.2. The summed E-state index contributed by atoms with van der Waals surface area (Å²) in [6.07, 6.45) is 0. The number of carbonyl (C=O) groups is 2. The molecule has 0 bridgehead atoms. The van der Waals surface area contributed by atoms with Crippen molar-refractivity contribution in [1.29, 1.82) is 0 Å². The molecule has 3 rings (SSSR count). The van der Waals surface area contributed by atoms with Crippen LogP contribution in [0.3, 0.4) is 0 Å². The maximum absolute atomic E-state index is 13.2. The fraction of sp³-hybridized carbons (Fsp3) is 0.0909. The van der Waals surface area contributed by atoms with E-state index in [1.165, 1.54) is 24.3 Å².